The highest BCUT2D eigenvalue weighted by atomic mass is 16.2. The van der Waals surface area contributed by atoms with Crippen molar-refractivity contribution in [3.63, 3.8) is 0 Å². The molecule has 1 aliphatic carbocycles. The second kappa shape index (κ2) is 6.87. The molecule has 1 unspecified atom stereocenters. The zero-order valence-electron chi connectivity index (χ0n) is 15.8. The summed E-state index contributed by atoms with van der Waals surface area (Å²) in [6.07, 6.45) is 8.87. The van der Waals surface area contributed by atoms with Crippen molar-refractivity contribution in [3.05, 3.63) is 35.4 Å². The second-order valence-electron chi connectivity index (χ2n) is 7.94. The molecule has 4 rings (SSSR count). The van der Waals surface area contributed by atoms with Crippen molar-refractivity contribution in [2.75, 3.05) is 13.1 Å². The molecule has 1 fully saturated rings. The SMILES string of the molecule is CC(C)n1cc2c(n1)CC(NC(=O)[C@H]1CNC[C@@H]1c1cnn(C)c1)CC2. The molecule has 26 heavy (non-hydrogen) atoms. The van der Waals surface area contributed by atoms with Gasteiger partial charge in [0.1, 0.15) is 0 Å². The number of amides is 1. The molecule has 0 radical (unpaired) electrons. The Morgan fingerprint density at radius 2 is 2.19 bits per heavy atom. The third-order valence-electron chi connectivity index (χ3n) is 5.68. The van der Waals surface area contributed by atoms with Crippen LogP contribution < -0.4 is 10.6 Å². The average Bonchev–Trinajstić information content (AvgIpc) is 3.32. The summed E-state index contributed by atoms with van der Waals surface area (Å²) in [6, 6.07) is 0.555. The first kappa shape index (κ1) is 17.3. The summed E-state index contributed by atoms with van der Waals surface area (Å²) in [4.78, 5) is 12.9. The van der Waals surface area contributed by atoms with Crippen molar-refractivity contribution in [2.45, 2.75) is 51.1 Å². The van der Waals surface area contributed by atoms with E-state index in [1.165, 1.54) is 5.56 Å². The van der Waals surface area contributed by atoms with E-state index in [-0.39, 0.29) is 23.8 Å². The number of nitrogens with one attached hydrogen (secondary N) is 2. The number of hydrogen-bond donors (Lipinski definition) is 2. The minimum atomic E-state index is -0.0335. The third kappa shape index (κ3) is 3.28. The molecule has 3 atom stereocenters. The van der Waals surface area contributed by atoms with Crippen LogP contribution in [0.15, 0.2) is 18.6 Å². The first-order chi connectivity index (χ1) is 12.5. The van der Waals surface area contributed by atoms with Crippen molar-refractivity contribution < 1.29 is 4.79 Å². The maximum atomic E-state index is 12.9. The maximum absolute atomic E-state index is 12.9. The van der Waals surface area contributed by atoms with Gasteiger partial charge in [-0.3, -0.25) is 14.2 Å². The van der Waals surface area contributed by atoms with E-state index >= 15 is 0 Å². The van der Waals surface area contributed by atoms with Gasteiger partial charge in [-0.25, -0.2) is 0 Å². The molecule has 1 aliphatic heterocycles. The molecule has 2 aliphatic rings. The maximum Gasteiger partial charge on any atom is 0.225 e. The number of carbonyl (C=O) groups excluding carboxylic acids is 1. The van der Waals surface area contributed by atoms with E-state index in [1.807, 2.05) is 24.1 Å². The lowest BCUT2D eigenvalue weighted by Crippen LogP contribution is -2.43. The molecule has 0 aromatic carbocycles. The van der Waals surface area contributed by atoms with Crippen LogP contribution in [0.5, 0.6) is 0 Å². The van der Waals surface area contributed by atoms with Gasteiger partial charge in [0.15, 0.2) is 0 Å². The number of aryl methyl sites for hydroxylation is 2. The normalized spacial score (nSPS) is 25.5. The van der Waals surface area contributed by atoms with Crippen LogP contribution in [-0.4, -0.2) is 44.6 Å². The Bertz CT molecular complexity index is 792. The molecule has 2 aromatic rings. The van der Waals surface area contributed by atoms with Gasteiger partial charge in [-0.1, -0.05) is 0 Å². The molecule has 2 N–H and O–H groups in total. The van der Waals surface area contributed by atoms with Crippen LogP contribution >= 0.6 is 0 Å². The fourth-order valence-corrected chi connectivity index (χ4v) is 4.14. The summed E-state index contributed by atoms with van der Waals surface area (Å²) in [5, 5.41) is 15.6. The largest absolute Gasteiger partial charge is 0.353 e. The Labute approximate surface area is 154 Å². The molecule has 3 heterocycles. The van der Waals surface area contributed by atoms with Crippen molar-refractivity contribution in [1.29, 1.82) is 0 Å². The fraction of sp³-hybridized carbons (Fsp3) is 0.632. The van der Waals surface area contributed by atoms with Gasteiger partial charge in [0, 0.05) is 57.0 Å². The highest BCUT2D eigenvalue weighted by molar-refractivity contribution is 5.80. The predicted molar refractivity (Wildman–Crippen MR) is 98.9 cm³/mol. The molecule has 7 nitrogen and oxygen atoms in total. The van der Waals surface area contributed by atoms with E-state index < -0.39 is 0 Å². The highest BCUT2D eigenvalue weighted by Crippen LogP contribution is 2.29. The second-order valence-corrected chi connectivity index (χ2v) is 7.94. The fourth-order valence-electron chi connectivity index (χ4n) is 4.14. The van der Waals surface area contributed by atoms with Crippen LogP contribution in [0.4, 0.5) is 0 Å². The molecule has 7 heteroatoms. The van der Waals surface area contributed by atoms with Gasteiger partial charge in [-0.2, -0.15) is 10.2 Å². The summed E-state index contributed by atoms with van der Waals surface area (Å²) >= 11 is 0. The Hall–Kier alpha value is -2.15. The van der Waals surface area contributed by atoms with E-state index in [0.717, 1.165) is 43.6 Å². The Morgan fingerprint density at radius 1 is 1.35 bits per heavy atom. The molecule has 140 valence electrons. The standard InChI is InChI=1S/C19H28N6O/c1-12(2)25-11-13-4-5-15(6-18(13)23-25)22-19(26)17-9-20-8-16(17)14-7-21-24(3)10-14/h7,10-12,15-17,20H,4-6,8-9H2,1-3H3,(H,22,26)/t15?,16-,17+/m1/s1. The number of fused-ring (bicyclic) bond motifs is 1. The van der Waals surface area contributed by atoms with Gasteiger partial charge in [-0.15, -0.1) is 0 Å². The third-order valence-corrected chi connectivity index (χ3v) is 5.68. The summed E-state index contributed by atoms with van der Waals surface area (Å²) in [7, 11) is 1.91. The number of rotatable bonds is 4. The summed E-state index contributed by atoms with van der Waals surface area (Å²) < 4.78 is 3.84. The van der Waals surface area contributed by atoms with Gasteiger partial charge in [-0.05, 0) is 37.8 Å². The zero-order valence-corrected chi connectivity index (χ0v) is 15.8. The first-order valence-electron chi connectivity index (χ1n) is 9.58. The van der Waals surface area contributed by atoms with Crippen LogP contribution in [0, 0.1) is 5.92 Å². The van der Waals surface area contributed by atoms with Gasteiger partial charge >= 0.3 is 0 Å². The highest BCUT2D eigenvalue weighted by Gasteiger charge is 2.36. The molecule has 1 amide bonds. The average molecular weight is 356 g/mol. The van der Waals surface area contributed by atoms with Crippen LogP contribution in [0.2, 0.25) is 0 Å². The van der Waals surface area contributed by atoms with Gasteiger partial charge in [0.05, 0.1) is 17.8 Å². The van der Waals surface area contributed by atoms with Gasteiger partial charge < -0.3 is 10.6 Å². The number of carbonyl (C=O) groups is 1. The molecular weight excluding hydrogens is 328 g/mol. The molecule has 0 bridgehead atoms. The topological polar surface area (TPSA) is 76.8 Å². The van der Waals surface area contributed by atoms with E-state index in [1.54, 1.807) is 4.68 Å². The van der Waals surface area contributed by atoms with Gasteiger partial charge in [0.25, 0.3) is 0 Å². The minimum Gasteiger partial charge on any atom is -0.353 e. The summed E-state index contributed by atoms with van der Waals surface area (Å²) in [5.74, 6) is 0.317. The van der Waals surface area contributed by atoms with Crippen molar-refractivity contribution in [1.82, 2.24) is 30.2 Å². The van der Waals surface area contributed by atoms with Crippen molar-refractivity contribution in [2.24, 2.45) is 13.0 Å². The van der Waals surface area contributed by atoms with E-state index in [4.69, 9.17) is 5.10 Å². The van der Waals surface area contributed by atoms with E-state index in [2.05, 4.69) is 35.8 Å². The van der Waals surface area contributed by atoms with Gasteiger partial charge in [0.2, 0.25) is 5.91 Å². The van der Waals surface area contributed by atoms with E-state index in [0.29, 0.717) is 6.04 Å². The van der Waals surface area contributed by atoms with E-state index in [9.17, 15) is 4.79 Å². The quantitative estimate of drug-likeness (QED) is 0.862. The molecule has 0 spiro atoms. The Kier molecular flexibility index (Phi) is 4.56. The predicted octanol–water partition coefficient (Wildman–Crippen LogP) is 1.17. The summed E-state index contributed by atoms with van der Waals surface area (Å²) in [5.41, 5.74) is 3.61. The number of nitrogens with zero attached hydrogens (tertiary/aromatic N) is 4. The lowest BCUT2D eigenvalue weighted by atomic mass is 9.88. The lowest BCUT2D eigenvalue weighted by Gasteiger charge is -2.25. The summed E-state index contributed by atoms with van der Waals surface area (Å²) in [6.45, 7) is 5.84. The monoisotopic (exact) mass is 356 g/mol. The van der Waals surface area contributed by atoms with Crippen molar-refractivity contribution in [3.8, 4) is 0 Å². The lowest BCUT2D eigenvalue weighted by molar-refractivity contribution is -0.125. The number of hydrogen-bond acceptors (Lipinski definition) is 4. The molecule has 0 saturated carbocycles. The zero-order chi connectivity index (χ0) is 18.3. The van der Waals surface area contributed by atoms with Crippen molar-refractivity contribution >= 4 is 5.91 Å². The van der Waals surface area contributed by atoms with Crippen LogP contribution in [0.25, 0.3) is 0 Å². The first-order valence-corrected chi connectivity index (χ1v) is 9.58. The molecule has 2 aromatic heterocycles. The smallest absolute Gasteiger partial charge is 0.225 e. The minimum absolute atomic E-state index is 0.0335. The van der Waals surface area contributed by atoms with Crippen LogP contribution in [-0.2, 0) is 24.7 Å². The molecular formula is C19H28N6O. The Balaban J connectivity index is 1.41. The number of aromatic nitrogens is 4. The molecule has 1 saturated heterocycles. The van der Waals surface area contributed by atoms with Crippen LogP contribution in [0.3, 0.4) is 0 Å². The Morgan fingerprint density at radius 3 is 2.92 bits per heavy atom. The van der Waals surface area contributed by atoms with Crippen LogP contribution in [0.1, 0.15) is 49.0 Å².